The summed E-state index contributed by atoms with van der Waals surface area (Å²) in [5, 5.41) is 3.23. The molecule has 0 fully saturated rings. The maximum atomic E-state index is 2.68. The molecule has 3 rings (SSSR count). The van der Waals surface area contributed by atoms with Gasteiger partial charge in [-0.1, -0.05) is 153 Å². The first-order valence-electron chi connectivity index (χ1n) is 11.4. The predicted molar refractivity (Wildman–Crippen MR) is 144 cm³/mol. The van der Waals surface area contributed by atoms with Gasteiger partial charge in [-0.3, -0.25) is 0 Å². The van der Waals surface area contributed by atoms with E-state index in [0.717, 1.165) is 0 Å². The summed E-state index contributed by atoms with van der Waals surface area (Å²) in [7, 11) is -4.36. The maximum Gasteiger partial charge on any atom is 0.107 e. The Morgan fingerprint density at radius 1 is 0.533 bits per heavy atom. The summed E-state index contributed by atoms with van der Waals surface area (Å²) in [6, 6.07) is 36.2. The summed E-state index contributed by atoms with van der Waals surface area (Å²) in [5.41, 5.74) is 2.63. The predicted octanol–water partition coefficient (Wildman–Crippen LogP) is 7.06. The fraction of sp³-hybridized carbons (Fsp3) is 0.333. The lowest BCUT2D eigenvalue weighted by atomic mass is 10.1. The Bertz CT molecular complexity index is 931. The first-order valence-corrected chi connectivity index (χ1v) is 21.5. The zero-order chi connectivity index (χ0) is 21.8. The summed E-state index contributed by atoms with van der Waals surface area (Å²) in [5.74, 6) is 0. The second kappa shape index (κ2) is 9.21. The van der Waals surface area contributed by atoms with Crippen LogP contribution in [0.2, 0.25) is 50.9 Å². The highest BCUT2D eigenvalue weighted by molar-refractivity contribution is 7.50. The molecule has 30 heavy (non-hydrogen) atoms. The van der Waals surface area contributed by atoms with Gasteiger partial charge >= 0.3 is 0 Å². The minimum absolute atomic E-state index is 1.06. The normalized spacial score (nSPS) is 14.3. The van der Waals surface area contributed by atoms with E-state index in [2.05, 4.69) is 125 Å². The number of rotatable bonds is 8. The van der Waals surface area contributed by atoms with E-state index in [4.69, 9.17) is 0 Å². The molecule has 3 heteroatoms. The molecule has 158 valence electrons. The second-order valence-corrected chi connectivity index (χ2v) is 30.6. The van der Waals surface area contributed by atoms with E-state index in [1.165, 1.54) is 29.3 Å². The van der Waals surface area contributed by atoms with Crippen molar-refractivity contribution in [2.24, 2.45) is 0 Å². The van der Waals surface area contributed by atoms with Crippen LogP contribution in [0.15, 0.2) is 84.9 Å². The Morgan fingerprint density at radius 3 is 1.53 bits per heavy atom. The van der Waals surface area contributed by atoms with Crippen molar-refractivity contribution in [2.45, 2.75) is 57.8 Å². The van der Waals surface area contributed by atoms with Gasteiger partial charge in [0.1, 0.15) is 7.59 Å². The molecular weight excluding hydrogens is 409 g/mol. The highest BCUT2D eigenvalue weighted by atomic mass is 29.3. The average Bonchev–Trinajstić information content (AvgIpc) is 2.78. The minimum atomic E-state index is -1.80. The SMILES string of the molecule is CC[Si](C)(C)CC[Si](C)(C)[Si](C)(c1ccccc1)c1ccc(-c2ccccc2)cc1. The molecule has 0 heterocycles. The first-order chi connectivity index (χ1) is 14.2. The average molecular weight is 447 g/mol. The molecule has 0 N–H and O–H groups in total. The van der Waals surface area contributed by atoms with Gasteiger partial charge in [-0.2, -0.15) is 0 Å². The number of hydrogen-bond acceptors (Lipinski definition) is 0. The lowest BCUT2D eigenvalue weighted by Gasteiger charge is -2.43. The van der Waals surface area contributed by atoms with Crippen molar-refractivity contribution < 1.29 is 0 Å². The lowest BCUT2D eigenvalue weighted by Crippen LogP contribution is -2.72. The van der Waals surface area contributed by atoms with Crippen LogP contribution in [0, 0.1) is 0 Å². The smallest absolute Gasteiger partial charge is 0.0707 e. The van der Waals surface area contributed by atoms with Crippen molar-refractivity contribution in [1.29, 1.82) is 0 Å². The Kier molecular flexibility index (Phi) is 7.05. The van der Waals surface area contributed by atoms with Gasteiger partial charge in [-0.15, -0.1) is 0 Å². The van der Waals surface area contributed by atoms with Crippen LogP contribution in [0.3, 0.4) is 0 Å². The molecule has 0 bridgehead atoms. The molecule has 3 aromatic carbocycles. The third-order valence-electron chi connectivity index (χ3n) is 7.66. The molecule has 0 radical (unpaired) electrons. The van der Waals surface area contributed by atoms with Crippen LogP contribution < -0.4 is 10.4 Å². The van der Waals surface area contributed by atoms with Crippen LogP contribution in [0.25, 0.3) is 11.1 Å². The third kappa shape index (κ3) is 4.79. The number of hydrogen-bond donors (Lipinski definition) is 0. The van der Waals surface area contributed by atoms with E-state index in [9.17, 15) is 0 Å². The molecule has 0 nitrogen and oxygen atoms in total. The van der Waals surface area contributed by atoms with E-state index in [1.807, 2.05) is 0 Å². The quantitative estimate of drug-likeness (QED) is 0.325. The summed E-state index contributed by atoms with van der Waals surface area (Å²) in [6.07, 6.45) is 0. The standard InChI is InChI=1S/C27H38Si3/c1-7-28(2,3)22-23-29(4,5)30(6,26-16-12-9-13-17-26)27-20-18-25(19-21-27)24-14-10-8-11-15-24/h8-21H,7,22-23H2,1-6H3. The van der Waals surface area contributed by atoms with Crippen LogP contribution >= 0.6 is 0 Å². The molecule has 0 aliphatic carbocycles. The molecule has 0 aliphatic heterocycles. The molecule has 1 unspecified atom stereocenters. The molecule has 0 aromatic heterocycles. The van der Waals surface area contributed by atoms with Crippen LogP contribution in [-0.4, -0.2) is 23.3 Å². The van der Waals surface area contributed by atoms with E-state index >= 15 is 0 Å². The number of benzene rings is 3. The highest BCUT2D eigenvalue weighted by Crippen LogP contribution is 2.30. The van der Waals surface area contributed by atoms with Crippen molar-refractivity contribution in [3.8, 4) is 11.1 Å². The fourth-order valence-electron chi connectivity index (χ4n) is 4.42. The van der Waals surface area contributed by atoms with Crippen LogP contribution in [0.5, 0.6) is 0 Å². The zero-order valence-electron chi connectivity index (χ0n) is 19.7. The Morgan fingerprint density at radius 2 is 1.00 bits per heavy atom. The van der Waals surface area contributed by atoms with Crippen molar-refractivity contribution in [3.63, 3.8) is 0 Å². The van der Waals surface area contributed by atoms with Gasteiger partial charge in [-0.05, 0) is 11.1 Å². The van der Waals surface area contributed by atoms with Crippen LogP contribution in [0.4, 0.5) is 0 Å². The molecule has 0 spiro atoms. The van der Waals surface area contributed by atoms with E-state index in [1.54, 1.807) is 10.4 Å². The van der Waals surface area contributed by atoms with E-state index in [-0.39, 0.29) is 0 Å². The maximum absolute atomic E-state index is 2.68. The van der Waals surface area contributed by atoms with Gasteiger partial charge in [0.25, 0.3) is 0 Å². The molecule has 0 amide bonds. The second-order valence-electron chi connectivity index (χ2n) is 10.3. The van der Waals surface area contributed by atoms with Crippen LogP contribution in [0.1, 0.15) is 6.92 Å². The molecule has 3 aromatic rings. The van der Waals surface area contributed by atoms with Gasteiger partial charge in [-0.25, -0.2) is 0 Å². The zero-order valence-corrected chi connectivity index (χ0v) is 22.7. The van der Waals surface area contributed by atoms with Crippen molar-refractivity contribution >= 4 is 33.6 Å². The Labute approximate surface area is 187 Å². The molecule has 0 aliphatic rings. The first kappa shape index (κ1) is 23.0. The van der Waals surface area contributed by atoms with Gasteiger partial charge < -0.3 is 0 Å². The third-order valence-corrected chi connectivity index (χ3v) is 29.5. The van der Waals surface area contributed by atoms with Crippen molar-refractivity contribution in [1.82, 2.24) is 0 Å². The van der Waals surface area contributed by atoms with Gasteiger partial charge in [0.05, 0.1) is 7.59 Å². The topological polar surface area (TPSA) is 0 Å². The molecular formula is C27H38Si3. The lowest BCUT2D eigenvalue weighted by molar-refractivity contribution is 1.22. The van der Waals surface area contributed by atoms with Gasteiger partial charge in [0.2, 0.25) is 0 Å². The Balaban J connectivity index is 2.02. The van der Waals surface area contributed by atoms with Crippen molar-refractivity contribution in [2.75, 3.05) is 0 Å². The summed E-state index contributed by atoms with van der Waals surface area (Å²) >= 11 is 0. The summed E-state index contributed by atoms with van der Waals surface area (Å²) in [6.45, 7) is 15.6. The summed E-state index contributed by atoms with van der Waals surface area (Å²) in [4.78, 5) is 0. The molecule has 0 saturated carbocycles. The van der Waals surface area contributed by atoms with E-state index in [0.29, 0.717) is 0 Å². The monoisotopic (exact) mass is 446 g/mol. The largest absolute Gasteiger partial charge is 0.107 e. The fourth-order valence-corrected chi connectivity index (χ4v) is 22.4. The van der Waals surface area contributed by atoms with Gasteiger partial charge in [0.15, 0.2) is 0 Å². The highest BCUT2D eigenvalue weighted by Gasteiger charge is 2.47. The van der Waals surface area contributed by atoms with Crippen LogP contribution in [-0.2, 0) is 0 Å². The van der Waals surface area contributed by atoms with Gasteiger partial charge in [0, 0.05) is 8.07 Å². The van der Waals surface area contributed by atoms with E-state index < -0.39 is 23.3 Å². The minimum Gasteiger partial charge on any atom is -0.0707 e. The van der Waals surface area contributed by atoms with Crippen molar-refractivity contribution in [3.05, 3.63) is 84.9 Å². The summed E-state index contributed by atoms with van der Waals surface area (Å²) < 4.78 is 0. The molecule has 0 saturated heterocycles. The molecule has 1 atom stereocenters. The Hall–Kier alpha value is -1.69.